The molecule has 21 heavy (non-hydrogen) atoms. The summed E-state index contributed by atoms with van der Waals surface area (Å²) in [6.45, 7) is 0. The van der Waals surface area contributed by atoms with E-state index in [1.54, 1.807) is 24.5 Å². The summed E-state index contributed by atoms with van der Waals surface area (Å²) in [5.74, 6) is 0. The Morgan fingerprint density at radius 2 is 1.24 bits per heavy atom. The molecule has 2 aromatic heterocycles. The topological polar surface area (TPSA) is 134 Å². The first-order chi connectivity index (χ1) is 8.40. The Labute approximate surface area is 150 Å². The number of quaternary nitrogens is 1. The molecule has 2 heterocycles. The highest BCUT2D eigenvalue weighted by Crippen LogP contribution is 2.12. The highest BCUT2D eigenvalue weighted by atomic mass is 35.5. The monoisotopic (exact) mass is 395 g/mol. The van der Waals surface area contributed by atoms with Gasteiger partial charge in [0.25, 0.3) is 10.3 Å². The fourth-order valence-electron chi connectivity index (χ4n) is 1.01. The molecule has 11 heteroatoms. The Morgan fingerprint density at radius 1 is 0.810 bits per heavy atom. The van der Waals surface area contributed by atoms with Crippen LogP contribution in [0.15, 0.2) is 24.5 Å². The fraction of sp³-hybridized carbons (Fsp3) is 0. The molecule has 0 aliphatic carbocycles. The van der Waals surface area contributed by atoms with E-state index >= 15 is 0 Å². The van der Waals surface area contributed by atoms with Crippen molar-refractivity contribution >= 4 is 58.4 Å². The maximum Gasteiger partial charge on any atom is 0.279 e. The molecule has 0 atom stereocenters. The number of aromatic nitrogens is 2. The lowest BCUT2D eigenvalue weighted by atomic mass is 10.4. The van der Waals surface area contributed by atoms with Gasteiger partial charge in [-0.3, -0.25) is 0 Å². The van der Waals surface area contributed by atoms with Crippen LogP contribution in [0.5, 0.6) is 0 Å². The molecule has 0 saturated heterocycles. The van der Waals surface area contributed by atoms with Crippen molar-refractivity contribution in [2.45, 2.75) is 0 Å². The lowest BCUT2D eigenvalue weighted by molar-refractivity contribution is -0.376. The third kappa shape index (κ3) is 8.87. The van der Waals surface area contributed by atoms with Gasteiger partial charge in [0.2, 0.25) is 0 Å². The molecule has 11 N–H and O–H groups in total. The summed E-state index contributed by atoms with van der Waals surface area (Å²) in [4.78, 5) is 5.44. The molecule has 0 aromatic carbocycles. The minimum Gasteiger partial charge on any atom is -1.00 e. The van der Waals surface area contributed by atoms with Gasteiger partial charge in [0.05, 0.1) is 11.8 Å². The van der Waals surface area contributed by atoms with Gasteiger partial charge < -0.3 is 47.7 Å². The second-order valence-corrected chi connectivity index (χ2v) is 4.27. The van der Waals surface area contributed by atoms with Crippen LogP contribution in [0.25, 0.3) is 0 Å². The summed E-state index contributed by atoms with van der Waals surface area (Å²) >= 11 is 11.1. The maximum absolute atomic E-state index is 5.57. The predicted octanol–water partition coefficient (Wildman–Crippen LogP) is -5.64. The van der Waals surface area contributed by atoms with Crippen molar-refractivity contribution in [2.24, 2.45) is 0 Å². The molecule has 0 aliphatic heterocycles. The van der Waals surface area contributed by atoms with Gasteiger partial charge in [-0.1, -0.05) is 0 Å². The van der Waals surface area contributed by atoms with Gasteiger partial charge in [0.15, 0.2) is 23.8 Å². The first-order valence-electron chi connectivity index (χ1n) is 4.91. The zero-order valence-corrected chi connectivity index (χ0v) is 14.5. The Balaban J connectivity index is -0.000000270. The normalized spacial score (nSPS) is 8.14. The maximum atomic E-state index is 5.57. The number of nitrogens with one attached hydrogen (secondary N) is 2. The van der Waals surface area contributed by atoms with Crippen molar-refractivity contribution in [2.75, 3.05) is 17.2 Å². The van der Waals surface area contributed by atoms with E-state index in [-0.39, 0.29) is 37.2 Å². The molecule has 0 aliphatic rings. The summed E-state index contributed by atoms with van der Waals surface area (Å²) in [6, 6.07) is 3.24. The largest absolute Gasteiger partial charge is 1.00 e. The molecule has 0 radical (unpaired) electrons. The number of H-pyrrole nitrogens is 2. The van der Waals surface area contributed by atoms with E-state index < -0.39 is 0 Å². The lowest BCUT2D eigenvalue weighted by Gasteiger charge is -1.91. The Hall–Kier alpha value is -0.890. The molecular formula is C10H16Cl5N6+. The van der Waals surface area contributed by atoms with Crippen molar-refractivity contribution in [3.05, 3.63) is 34.8 Å². The Bertz CT molecular complexity index is 504. The van der Waals surface area contributed by atoms with E-state index in [4.69, 9.17) is 40.4 Å². The van der Waals surface area contributed by atoms with Gasteiger partial charge in [-0.05, 0) is 23.2 Å². The molecule has 0 fully saturated rings. The van der Waals surface area contributed by atoms with Crippen LogP contribution in [0.4, 0.5) is 22.7 Å². The van der Waals surface area contributed by atoms with Crippen LogP contribution in [0.2, 0.25) is 10.3 Å². The number of anilines is 3. The molecule has 2 aromatic rings. The van der Waals surface area contributed by atoms with E-state index in [9.17, 15) is 0 Å². The van der Waals surface area contributed by atoms with Crippen LogP contribution in [-0.4, -0.2) is 0 Å². The van der Waals surface area contributed by atoms with Gasteiger partial charge in [0.1, 0.15) is 5.69 Å². The Kier molecular flexibility index (Phi) is 14.0. The number of rotatable bonds is 0. The minimum atomic E-state index is 0. The highest BCUT2D eigenvalue weighted by Gasteiger charge is 2.03. The molecule has 0 amide bonds. The second-order valence-electron chi connectivity index (χ2n) is 3.45. The molecule has 120 valence electrons. The lowest BCUT2D eigenvalue weighted by Crippen LogP contribution is -3.00. The zero-order valence-electron chi connectivity index (χ0n) is 10.7. The van der Waals surface area contributed by atoms with E-state index in [1.807, 2.05) is 0 Å². The van der Waals surface area contributed by atoms with Crippen LogP contribution in [-0.2, 0) is 0 Å². The number of halogens is 5. The molecule has 0 spiro atoms. The molecule has 0 saturated carbocycles. The Morgan fingerprint density at radius 3 is 1.57 bits per heavy atom. The van der Waals surface area contributed by atoms with Crippen molar-refractivity contribution in [3.8, 4) is 0 Å². The first kappa shape index (κ1) is 25.1. The summed E-state index contributed by atoms with van der Waals surface area (Å²) in [7, 11) is 0. The van der Waals surface area contributed by atoms with Gasteiger partial charge in [-0.25, -0.2) is 0 Å². The van der Waals surface area contributed by atoms with E-state index in [2.05, 4.69) is 15.7 Å². The average Bonchev–Trinajstić information content (AvgIpc) is 2.30. The van der Waals surface area contributed by atoms with Crippen LogP contribution >= 0.6 is 35.6 Å². The van der Waals surface area contributed by atoms with E-state index in [1.165, 1.54) is 0 Å². The number of hydrogen-bond acceptors (Lipinski definition) is 3. The molecule has 0 unspecified atom stereocenters. The van der Waals surface area contributed by atoms with Gasteiger partial charge in [-0.15, -0.1) is 12.4 Å². The highest BCUT2D eigenvalue weighted by molar-refractivity contribution is 6.28. The van der Waals surface area contributed by atoms with Crippen LogP contribution in [0.1, 0.15) is 0 Å². The number of aromatic amines is 2. The first-order valence-corrected chi connectivity index (χ1v) is 5.66. The van der Waals surface area contributed by atoms with E-state index in [0.29, 0.717) is 27.4 Å². The minimum absolute atomic E-state index is 0. The van der Waals surface area contributed by atoms with Gasteiger partial charge >= 0.3 is 0 Å². The zero-order chi connectivity index (χ0) is 13.7. The van der Waals surface area contributed by atoms with Crippen molar-refractivity contribution in [1.29, 1.82) is 0 Å². The summed E-state index contributed by atoms with van der Waals surface area (Å²) in [5.41, 5.74) is 22.2. The summed E-state index contributed by atoms with van der Waals surface area (Å²) < 4.78 is 0. The number of nitrogen functional groups attached to an aromatic ring is 3. The second kappa shape index (κ2) is 11.7. The van der Waals surface area contributed by atoms with E-state index in [0.717, 1.165) is 5.69 Å². The van der Waals surface area contributed by atoms with Crippen LogP contribution < -0.4 is 57.7 Å². The average molecular weight is 398 g/mol. The number of nitrogens with two attached hydrogens (primary N) is 3. The van der Waals surface area contributed by atoms with Crippen LogP contribution in [0.3, 0.4) is 0 Å². The quantitative estimate of drug-likeness (QED) is 0.330. The van der Waals surface area contributed by atoms with Gasteiger partial charge in [-0.2, -0.15) is 9.97 Å². The molecule has 2 rings (SSSR count). The third-order valence-electron chi connectivity index (χ3n) is 2.02. The SMILES string of the molecule is Cl.Nc1c[nH+]c(Cl)cc1N.Nc1c[nH+]c(Cl)cc1[NH3+].[Cl-].[Cl-]. The standard InChI is InChI=1S/2C5H6ClN3.3ClH/c2*6-5-1-3(7)4(8)2-9-5;;;/h2*1-2H,8H2,(H2,7,9);3*1H/p+1. The number of hydrogen-bond donors (Lipinski definition) is 4. The smallest absolute Gasteiger partial charge is 0.279 e. The van der Waals surface area contributed by atoms with Crippen molar-refractivity contribution < 1.29 is 40.5 Å². The predicted molar refractivity (Wildman–Crippen MR) is 79.0 cm³/mol. The van der Waals surface area contributed by atoms with Crippen molar-refractivity contribution in [1.82, 2.24) is 0 Å². The molecule has 6 nitrogen and oxygen atoms in total. The van der Waals surface area contributed by atoms with Crippen LogP contribution in [0, 0.1) is 0 Å². The molecular weight excluding hydrogens is 381 g/mol. The third-order valence-corrected chi connectivity index (χ3v) is 2.45. The molecule has 0 bridgehead atoms. The number of pyridine rings is 2. The fourth-order valence-corrected chi connectivity index (χ4v) is 1.37. The van der Waals surface area contributed by atoms with Gasteiger partial charge in [0, 0.05) is 6.07 Å². The van der Waals surface area contributed by atoms with Crippen molar-refractivity contribution in [3.63, 3.8) is 0 Å². The summed E-state index contributed by atoms with van der Waals surface area (Å²) in [5, 5.41) is 1.04. The summed E-state index contributed by atoms with van der Waals surface area (Å²) in [6.07, 6.45) is 3.17.